The van der Waals surface area contributed by atoms with Crippen LogP contribution in [0.2, 0.25) is 0 Å². The zero-order valence-corrected chi connectivity index (χ0v) is 17.4. The minimum Gasteiger partial charge on any atom is -0.508 e. The molecule has 158 valence electrons. The lowest BCUT2D eigenvalue weighted by Gasteiger charge is -2.18. The molecule has 0 saturated heterocycles. The monoisotopic (exact) mass is 423 g/mol. The van der Waals surface area contributed by atoms with Gasteiger partial charge in [-0.05, 0) is 31.0 Å². The highest BCUT2D eigenvalue weighted by Crippen LogP contribution is 2.11. The van der Waals surface area contributed by atoms with Crippen LogP contribution in [0.15, 0.2) is 40.2 Å². The van der Waals surface area contributed by atoms with Gasteiger partial charge in [-0.3, -0.25) is 13.9 Å². The van der Waals surface area contributed by atoms with Crippen LogP contribution in [0.3, 0.4) is 0 Å². The number of aliphatic hydroxyl groups is 1. The molecule has 29 heavy (non-hydrogen) atoms. The van der Waals surface area contributed by atoms with Crippen molar-refractivity contribution >= 4 is 23.6 Å². The van der Waals surface area contributed by atoms with Gasteiger partial charge in [0.05, 0.1) is 19.0 Å². The van der Waals surface area contributed by atoms with Gasteiger partial charge >= 0.3 is 5.69 Å². The van der Waals surface area contributed by atoms with Gasteiger partial charge in [-0.1, -0.05) is 12.1 Å². The van der Waals surface area contributed by atoms with Crippen molar-refractivity contribution < 1.29 is 10.2 Å². The van der Waals surface area contributed by atoms with Crippen molar-refractivity contribution in [3.63, 3.8) is 0 Å². The van der Waals surface area contributed by atoms with Crippen LogP contribution in [-0.2, 0) is 27.1 Å². The van der Waals surface area contributed by atoms with E-state index in [9.17, 15) is 19.8 Å². The molecular weight excluding hydrogens is 398 g/mol. The van der Waals surface area contributed by atoms with E-state index in [1.165, 1.54) is 17.9 Å². The first-order valence-corrected chi connectivity index (χ1v) is 9.08. The molecule has 10 heteroatoms. The highest BCUT2D eigenvalue weighted by molar-refractivity contribution is 5.85. The number of aliphatic hydroxyl groups excluding tert-OH is 1. The van der Waals surface area contributed by atoms with Crippen LogP contribution < -0.4 is 16.6 Å². The molecule has 0 fully saturated rings. The molecule has 0 aliphatic carbocycles. The van der Waals surface area contributed by atoms with E-state index in [0.29, 0.717) is 17.7 Å². The summed E-state index contributed by atoms with van der Waals surface area (Å²) in [5.41, 5.74) is 0.802. The van der Waals surface area contributed by atoms with Gasteiger partial charge in [0.15, 0.2) is 11.2 Å². The molecule has 0 bridgehead atoms. The average Bonchev–Trinajstić information content (AvgIpc) is 3.08. The lowest BCUT2D eigenvalue weighted by atomic mass is 10.1. The molecule has 9 nitrogen and oxygen atoms in total. The molecule has 2 heterocycles. The van der Waals surface area contributed by atoms with Gasteiger partial charge in [0, 0.05) is 26.7 Å². The number of nitrogens with one attached hydrogen (secondary N) is 1. The summed E-state index contributed by atoms with van der Waals surface area (Å²) in [5, 5.41) is 23.0. The van der Waals surface area contributed by atoms with Gasteiger partial charge in [0.25, 0.3) is 5.56 Å². The molecule has 3 N–H and O–H groups in total. The van der Waals surface area contributed by atoms with Gasteiger partial charge in [-0.2, -0.15) is 0 Å². The summed E-state index contributed by atoms with van der Waals surface area (Å²) in [7, 11) is 2.98. The molecular formula is C19H26ClN5O4. The molecule has 2 atom stereocenters. The number of hydrogen-bond donors (Lipinski definition) is 3. The maximum atomic E-state index is 12.4. The Balaban J connectivity index is 0.00000300. The predicted octanol–water partition coefficient (Wildman–Crippen LogP) is 0.143. The smallest absolute Gasteiger partial charge is 0.332 e. The van der Waals surface area contributed by atoms with Crippen molar-refractivity contribution in [2.75, 3.05) is 6.54 Å². The Kier molecular flexibility index (Phi) is 7.23. The molecule has 3 aromatic rings. The van der Waals surface area contributed by atoms with E-state index in [2.05, 4.69) is 10.3 Å². The highest BCUT2D eigenvalue weighted by atomic mass is 35.5. The number of phenolic OH excluding ortho intramolecular Hbond substituents is 1. The van der Waals surface area contributed by atoms with E-state index in [4.69, 9.17) is 0 Å². The van der Waals surface area contributed by atoms with Crippen LogP contribution >= 0.6 is 12.4 Å². The van der Waals surface area contributed by atoms with E-state index < -0.39 is 17.4 Å². The van der Waals surface area contributed by atoms with Crippen molar-refractivity contribution in [1.29, 1.82) is 0 Å². The molecule has 0 amide bonds. The Morgan fingerprint density at radius 2 is 1.79 bits per heavy atom. The van der Waals surface area contributed by atoms with Crippen molar-refractivity contribution in [3.05, 3.63) is 57.0 Å². The fourth-order valence-electron chi connectivity index (χ4n) is 3.22. The van der Waals surface area contributed by atoms with Crippen LogP contribution in [0, 0.1) is 0 Å². The molecule has 0 saturated carbocycles. The van der Waals surface area contributed by atoms with Crippen molar-refractivity contribution in [2.24, 2.45) is 14.1 Å². The van der Waals surface area contributed by atoms with Crippen molar-refractivity contribution in [1.82, 2.24) is 24.0 Å². The number of imidazole rings is 1. The van der Waals surface area contributed by atoms with Crippen LogP contribution in [0.4, 0.5) is 0 Å². The van der Waals surface area contributed by atoms with Crippen LogP contribution in [0.1, 0.15) is 12.5 Å². The third-order valence-electron chi connectivity index (χ3n) is 4.80. The summed E-state index contributed by atoms with van der Waals surface area (Å²) in [6, 6.07) is 7.14. The molecule has 2 unspecified atom stereocenters. The second kappa shape index (κ2) is 9.25. The maximum absolute atomic E-state index is 12.4. The SMILES string of the molecule is CC(Cc1ccc(O)cc1)NCC(O)Cn1cnc2c1c(=O)n(C)c(=O)n2C.Cl. The fraction of sp³-hybridized carbons (Fsp3) is 0.421. The normalized spacial score (nSPS) is 13.2. The fourth-order valence-corrected chi connectivity index (χ4v) is 3.22. The van der Waals surface area contributed by atoms with Gasteiger partial charge in [0.2, 0.25) is 0 Å². The summed E-state index contributed by atoms with van der Waals surface area (Å²) in [6.45, 7) is 2.53. The lowest BCUT2D eigenvalue weighted by molar-refractivity contribution is 0.149. The first-order chi connectivity index (χ1) is 13.3. The Labute approximate surface area is 173 Å². The second-order valence-electron chi connectivity index (χ2n) is 7.11. The molecule has 0 aliphatic rings. The van der Waals surface area contributed by atoms with E-state index in [0.717, 1.165) is 16.6 Å². The van der Waals surface area contributed by atoms with Crippen LogP contribution in [0.25, 0.3) is 11.2 Å². The lowest BCUT2D eigenvalue weighted by Crippen LogP contribution is -2.39. The minimum atomic E-state index is -0.735. The van der Waals surface area contributed by atoms with Crippen LogP contribution in [-0.4, -0.2) is 47.6 Å². The highest BCUT2D eigenvalue weighted by Gasteiger charge is 2.16. The number of nitrogens with zero attached hydrogens (tertiary/aromatic N) is 4. The molecule has 2 aromatic heterocycles. The Morgan fingerprint density at radius 3 is 2.45 bits per heavy atom. The summed E-state index contributed by atoms with van der Waals surface area (Å²) < 4.78 is 3.93. The number of halogens is 1. The maximum Gasteiger partial charge on any atom is 0.332 e. The number of rotatable bonds is 7. The molecule has 0 radical (unpaired) electrons. The first kappa shape index (κ1) is 22.7. The zero-order valence-electron chi connectivity index (χ0n) is 16.6. The Morgan fingerprint density at radius 1 is 1.14 bits per heavy atom. The van der Waals surface area contributed by atoms with Gasteiger partial charge in [-0.25, -0.2) is 9.78 Å². The molecule has 0 spiro atoms. The van der Waals surface area contributed by atoms with Gasteiger partial charge in [0.1, 0.15) is 5.75 Å². The standard InChI is InChI=1S/C19H25N5O4.ClH/c1-12(8-13-4-6-14(25)7-5-13)20-9-15(26)10-24-11-21-17-16(24)18(27)23(3)19(28)22(17)2;/h4-7,11-12,15,20,25-26H,8-10H2,1-3H3;1H. The van der Waals surface area contributed by atoms with Gasteiger partial charge < -0.3 is 20.1 Å². The first-order valence-electron chi connectivity index (χ1n) is 9.08. The summed E-state index contributed by atoms with van der Waals surface area (Å²) in [6.07, 6.45) is 1.49. The summed E-state index contributed by atoms with van der Waals surface area (Å²) >= 11 is 0. The third-order valence-corrected chi connectivity index (χ3v) is 4.80. The number of aromatic nitrogens is 4. The quantitative estimate of drug-likeness (QED) is 0.498. The van der Waals surface area contributed by atoms with E-state index in [-0.39, 0.29) is 30.7 Å². The largest absolute Gasteiger partial charge is 0.508 e. The van der Waals surface area contributed by atoms with Crippen LogP contribution in [0.5, 0.6) is 5.75 Å². The number of phenols is 1. The molecule has 1 aromatic carbocycles. The number of aromatic hydroxyl groups is 1. The van der Waals surface area contributed by atoms with E-state index in [1.807, 2.05) is 19.1 Å². The third kappa shape index (κ3) is 4.87. The summed E-state index contributed by atoms with van der Waals surface area (Å²) in [5.74, 6) is 0.232. The second-order valence-corrected chi connectivity index (χ2v) is 7.11. The number of hydrogen-bond acceptors (Lipinski definition) is 6. The van der Waals surface area contributed by atoms with Crippen molar-refractivity contribution in [2.45, 2.75) is 32.0 Å². The Bertz CT molecular complexity index is 1090. The van der Waals surface area contributed by atoms with E-state index in [1.54, 1.807) is 23.7 Å². The number of fused-ring (bicyclic) bond motifs is 1. The van der Waals surface area contributed by atoms with E-state index >= 15 is 0 Å². The predicted molar refractivity (Wildman–Crippen MR) is 113 cm³/mol. The minimum absolute atomic E-state index is 0. The summed E-state index contributed by atoms with van der Waals surface area (Å²) in [4.78, 5) is 28.6. The molecule has 0 aliphatic heterocycles. The van der Waals surface area contributed by atoms with Gasteiger partial charge in [-0.15, -0.1) is 12.4 Å². The number of aryl methyl sites for hydroxylation is 1. The Hall–Kier alpha value is -2.62. The topological polar surface area (TPSA) is 114 Å². The van der Waals surface area contributed by atoms with Crippen molar-refractivity contribution in [3.8, 4) is 5.75 Å². The molecule has 3 rings (SSSR count). The average molecular weight is 424 g/mol. The number of benzene rings is 1. The zero-order chi connectivity index (χ0) is 20.4.